The molecular formula is C9H8FN5O. The number of aromatic nitrogens is 3. The highest BCUT2D eigenvalue weighted by Gasteiger charge is 2.14. The Bertz CT molecular complexity index is 551. The Morgan fingerprint density at radius 1 is 1.38 bits per heavy atom. The van der Waals surface area contributed by atoms with Crippen molar-refractivity contribution in [2.75, 3.05) is 11.5 Å². The van der Waals surface area contributed by atoms with Gasteiger partial charge in [-0.05, 0) is 18.2 Å². The summed E-state index contributed by atoms with van der Waals surface area (Å²) in [4.78, 5) is 15.4. The quantitative estimate of drug-likeness (QED) is 0.673. The normalized spacial score (nSPS) is 10.3. The van der Waals surface area contributed by atoms with Gasteiger partial charge in [0, 0.05) is 5.69 Å². The molecule has 7 heteroatoms. The van der Waals surface area contributed by atoms with Gasteiger partial charge in [-0.25, -0.2) is 9.37 Å². The summed E-state index contributed by atoms with van der Waals surface area (Å²) in [6.07, 6.45) is 1.14. The highest BCUT2D eigenvalue weighted by Crippen LogP contribution is 2.14. The van der Waals surface area contributed by atoms with Crippen LogP contribution >= 0.6 is 0 Å². The predicted octanol–water partition coefficient (Wildman–Crippen LogP) is 0.270. The van der Waals surface area contributed by atoms with E-state index in [0.29, 0.717) is 0 Å². The zero-order valence-electron chi connectivity index (χ0n) is 8.09. The van der Waals surface area contributed by atoms with Crippen LogP contribution in [0.3, 0.4) is 0 Å². The second-order valence-electron chi connectivity index (χ2n) is 3.08. The molecule has 0 aliphatic rings. The van der Waals surface area contributed by atoms with E-state index in [1.165, 1.54) is 12.1 Å². The lowest BCUT2D eigenvalue weighted by Crippen LogP contribution is -2.15. The van der Waals surface area contributed by atoms with E-state index in [2.05, 4.69) is 10.1 Å². The first kappa shape index (κ1) is 10.1. The van der Waals surface area contributed by atoms with Crippen LogP contribution in [0.1, 0.15) is 10.4 Å². The zero-order chi connectivity index (χ0) is 11.7. The maximum atomic E-state index is 13.0. The van der Waals surface area contributed by atoms with Gasteiger partial charge < -0.3 is 11.5 Å². The maximum Gasteiger partial charge on any atom is 0.281 e. The molecule has 0 aliphatic heterocycles. The number of halogens is 1. The van der Waals surface area contributed by atoms with Crippen molar-refractivity contribution in [2.45, 2.75) is 0 Å². The van der Waals surface area contributed by atoms with Crippen LogP contribution < -0.4 is 11.5 Å². The third kappa shape index (κ3) is 1.70. The summed E-state index contributed by atoms with van der Waals surface area (Å²) >= 11 is 0. The summed E-state index contributed by atoms with van der Waals surface area (Å²) in [5, 5.41) is 3.61. The van der Waals surface area contributed by atoms with Gasteiger partial charge in [-0.3, -0.25) is 4.79 Å². The van der Waals surface area contributed by atoms with Gasteiger partial charge in [0.15, 0.2) is 0 Å². The van der Waals surface area contributed by atoms with Crippen LogP contribution in [0.5, 0.6) is 0 Å². The molecule has 0 saturated heterocycles. The molecule has 1 heterocycles. The zero-order valence-corrected chi connectivity index (χ0v) is 8.09. The molecule has 0 radical (unpaired) electrons. The molecule has 82 valence electrons. The molecule has 2 aromatic rings. The first-order valence-electron chi connectivity index (χ1n) is 4.35. The molecule has 1 aromatic heterocycles. The SMILES string of the molecule is Nc1ncn(C(=O)c2cc(F)ccc2N)n1. The monoisotopic (exact) mass is 221 g/mol. The average Bonchev–Trinajstić information content (AvgIpc) is 2.67. The number of hydrogen-bond acceptors (Lipinski definition) is 5. The number of hydrogen-bond donors (Lipinski definition) is 2. The lowest BCUT2D eigenvalue weighted by atomic mass is 10.1. The number of anilines is 2. The summed E-state index contributed by atoms with van der Waals surface area (Å²) in [5.41, 5.74) is 11.0. The van der Waals surface area contributed by atoms with Crippen molar-refractivity contribution in [1.82, 2.24) is 14.8 Å². The van der Waals surface area contributed by atoms with Gasteiger partial charge >= 0.3 is 0 Å². The van der Waals surface area contributed by atoms with Crippen molar-refractivity contribution in [3.8, 4) is 0 Å². The highest BCUT2D eigenvalue weighted by molar-refractivity contribution is 6.00. The Kier molecular flexibility index (Phi) is 2.28. The average molecular weight is 221 g/mol. The number of nitrogens with zero attached hydrogens (tertiary/aromatic N) is 3. The van der Waals surface area contributed by atoms with E-state index in [1.54, 1.807) is 0 Å². The molecule has 0 atom stereocenters. The van der Waals surface area contributed by atoms with Gasteiger partial charge in [-0.15, -0.1) is 5.10 Å². The number of nitrogen functional groups attached to an aromatic ring is 2. The van der Waals surface area contributed by atoms with Crippen molar-refractivity contribution >= 4 is 17.5 Å². The van der Waals surface area contributed by atoms with Crippen LogP contribution in [0.15, 0.2) is 24.5 Å². The molecule has 0 saturated carbocycles. The van der Waals surface area contributed by atoms with Crippen molar-refractivity contribution in [3.05, 3.63) is 35.9 Å². The molecule has 0 unspecified atom stereocenters. The first-order chi connectivity index (χ1) is 7.58. The third-order valence-corrected chi connectivity index (χ3v) is 1.96. The third-order valence-electron chi connectivity index (χ3n) is 1.96. The summed E-state index contributed by atoms with van der Waals surface area (Å²) < 4.78 is 13.9. The fourth-order valence-corrected chi connectivity index (χ4v) is 1.21. The molecule has 2 rings (SSSR count). The summed E-state index contributed by atoms with van der Waals surface area (Å²) in [6.45, 7) is 0. The summed E-state index contributed by atoms with van der Waals surface area (Å²) in [7, 11) is 0. The molecule has 6 nitrogen and oxygen atoms in total. The van der Waals surface area contributed by atoms with E-state index in [4.69, 9.17) is 11.5 Å². The van der Waals surface area contributed by atoms with E-state index in [-0.39, 0.29) is 17.2 Å². The Morgan fingerprint density at radius 3 is 2.75 bits per heavy atom. The minimum Gasteiger partial charge on any atom is -0.398 e. The number of carbonyl (C=O) groups is 1. The second-order valence-corrected chi connectivity index (χ2v) is 3.08. The van der Waals surface area contributed by atoms with Crippen LogP contribution in [0.2, 0.25) is 0 Å². The molecule has 0 spiro atoms. The Hall–Kier alpha value is -2.44. The molecule has 0 amide bonds. The smallest absolute Gasteiger partial charge is 0.281 e. The molecule has 16 heavy (non-hydrogen) atoms. The Labute approximate surface area is 89.7 Å². The number of carbonyl (C=O) groups excluding carboxylic acids is 1. The number of rotatable bonds is 1. The minimum absolute atomic E-state index is 0.0184. The van der Waals surface area contributed by atoms with Gasteiger partial charge in [0.05, 0.1) is 5.56 Å². The number of benzene rings is 1. The van der Waals surface area contributed by atoms with Gasteiger partial charge in [0.2, 0.25) is 5.95 Å². The standard InChI is InChI=1S/C9H8FN5O/c10-5-1-2-7(11)6(3-5)8(16)15-4-13-9(12)14-15/h1-4H,11H2,(H2,12,14). The molecule has 4 N–H and O–H groups in total. The van der Waals surface area contributed by atoms with Gasteiger partial charge in [-0.2, -0.15) is 4.68 Å². The first-order valence-corrected chi connectivity index (χ1v) is 4.35. The van der Waals surface area contributed by atoms with Gasteiger partial charge in [-0.1, -0.05) is 0 Å². The van der Waals surface area contributed by atoms with E-state index in [0.717, 1.165) is 17.1 Å². The second kappa shape index (κ2) is 3.61. The molecule has 0 fully saturated rings. The lowest BCUT2D eigenvalue weighted by Gasteiger charge is -2.03. The van der Waals surface area contributed by atoms with Crippen molar-refractivity contribution in [3.63, 3.8) is 0 Å². The summed E-state index contributed by atoms with van der Waals surface area (Å²) in [6, 6.07) is 3.51. The van der Waals surface area contributed by atoms with Crippen molar-refractivity contribution in [2.24, 2.45) is 0 Å². The number of nitrogens with two attached hydrogens (primary N) is 2. The molecular weight excluding hydrogens is 213 g/mol. The van der Waals surface area contributed by atoms with E-state index < -0.39 is 11.7 Å². The van der Waals surface area contributed by atoms with Gasteiger partial charge in [0.25, 0.3) is 5.91 Å². The lowest BCUT2D eigenvalue weighted by molar-refractivity contribution is 0.0945. The maximum absolute atomic E-state index is 13.0. The molecule has 1 aromatic carbocycles. The molecule has 0 bridgehead atoms. The molecule has 0 aliphatic carbocycles. The van der Waals surface area contributed by atoms with E-state index in [9.17, 15) is 9.18 Å². The fourth-order valence-electron chi connectivity index (χ4n) is 1.21. The van der Waals surface area contributed by atoms with Crippen LogP contribution in [0.25, 0.3) is 0 Å². The van der Waals surface area contributed by atoms with Crippen LogP contribution in [-0.2, 0) is 0 Å². The van der Waals surface area contributed by atoms with Crippen LogP contribution in [-0.4, -0.2) is 20.7 Å². The predicted molar refractivity (Wildman–Crippen MR) is 55.0 cm³/mol. The van der Waals surface area contributed by atoms with Crippen molar-refractivity contribution < 1.29 is 9.18 Å². The van der Waals surface area contributed by atoms with E-state index >= 15 is 0 Å². The van der Waals surface area contributed by atoms with Crippen molar-refractivity contribution in [1.29, 1.82) is 0 Å². The van der Waals surface area contributed by atoms with Crippen LogP contribution in [0, 0.1) is 5.82 Å². The fraction of sp³-hybridized carbons (Fsp3) is 0. The summed E-state index contributed by atoms with van der Waals surface area (Å²) in [5.74, 6) is -1.17. The van der Waals surface area contributed by atoms with E-state index in [1.807, 2.05) is 0 Å². The minimum atomic E-state index is -0.582. The Balaban J connectivity index is 2.45. The topological polar surface area (TPSA) is 99.8 Å². The highest BCUT2D eigenvalue weighted by atomic mass is 19.1. The van der Waals surface area contributed by atoms with Gasteiger partial charge in [0.1, 0.15) is 12.1 Å². The Morgan fingerprint density at radius 2 is 2.12 bits per heavy atom. The largest absolute Gasteiger partial charge is 0.398 e. The van der Waals surface area contributed by atoms with Crippen LogP contribution in [0.4, 0.5) is 16.0 Å².